The summed E-state index contributed by atoms with van der Waals surface area (Å²) in [5.74, 6) is -1.48. The van der Waals surface area contributed by atoms with Gasteiger partial charge < -0.3 is 20.3 Å². The Bertz CT molecular complexity index is 504. The van der Waals surface area contributed by atoms with Crippen molar-refractivity contribution in [2.45, 2.75) is 38.8 Å². The lowest BCUT2D eigenvalue weighted by Crippen LogP contribution is -2.45. The van der Waals surface area contributed by atoms with Gasteiger partial charge in [-0.05, 0) is 44.0 Å². The van der Waals surface area contributed by atoms with Gasteiger partial charge in [0.05, 0.1) is 0 Å². The highest BCUT2D eigenvalue weighted by molar-refractivity contribution is 5.95. The molecule has 3 N–H and O–H groups in total. The zero-order valence-corrected chi connectivity index (χ0v) is 12.5. The summed E-state index contributed by atoms with van der Waals surface area (Å²) >= 11 is 0. The lowest BCUT2D eigenvalue weighted by atomic mass is 10.0. The molecule has 0 aliphatic carbocycles. The molecule has 1 amide bonds. The summed E-state index contributed by atoms with van der Waals surface area (Å²) in [5, 5.41) is 15.1. The summed E-state index contributed by atoms with van der Waals surface area (Å²) < 4.78 is 1.97. The zero-order chi connectivity index (χ0) is 15.4. The molecule has 6 heteroatoms. The van der Waals surface area contributed by atoms with E-state index in [4.69, 9.17) is 0 Å². The van der Waals surface area contributed by atoms with Gasteiger partial charge in [0.25, 0.3) is 5.91 Å². The van der Waals surface area contributed by atoms with Gasteiger partial charge >= 0.3 is 5.97 Å². The molecule has 1 aliphatic heterocycles. The standard InChI is InChI=1S/C15H23N3O3/c1-10(2)13(15(20)21)17-14(19)12-4-3-9-18(12)11-5-7-16-8-6-11/h3-4,9-11,13,16H,5-8H2,1-2H3,(H,17,19)(H,20,21)/t13-/m0/s1. The molecule has 0 bridgehead atoms. The maximum absolute atomic E-state index is 12.4. The Labute approximate surface area is 124 Å². The first-order chi connectivity index (χ1) is 10.0. The molecule has 2 rings (SSSR count). The van der Waals surface area contributed by atoms with Crippen molar-refractivity contribution in [1.29, 1.82) is 0 Å². The van der Waals surface area contributed by atoms with Gasteiger partial charge in [0, 0.05) is 12.2 Å². The molecule has 116 valence electrons. The van der Waals surface area contributed by atoms with Gasteiger partial charge in [0.15, 0.2) is 0 Å². The maximum atomic E-state index is 12.4. The molecule has 0 saturated carbocycles. The van der Waals surface area contributed by atoms with Gasteiger partial charge in [-0.3, -0.25) is 4.79 Å². The van der Waals surface area contributed by atoms with Gasteiger partial charge in [-0.2, -0.15) is 0 Å². The third kappa shape index (κ3) is 3.64. The average Bonchev–Trinajstić information content (AvgIpc) is 2.94. The van der Waals surface area contributed by atoms with Gasteiger partial charge in [-0.1, -0.05) is 13.8 Å². The number of aromatic nitrogens is 1. The van der Waals surface area contributed by atoms with Crippen LogP contribution < -0.4 is 10.6 Å². The fraction of sp³-hybridized carbons (Fsp3) is 0.600. The minimum absolute atomic E-state index is 0.159. The summed E-state index contributed by atoms with van der Waals surface area (Å²) in [5.41, 5.74) is 0.536. The Balaban J connectivity index is 2.12. The van der Waals surface area contributed by atoms with Crippen LogP contribution in [0.5, 0.6) is 0 Å². The van der Waals surface area contributed by atoms with E-state index in [-0.39, 0.29) is 11.8 Å². The minimum atomic E-state index is -1.00. The number of carboxylic acids is 1. The number of rotatable bonds is 5. The highest BCUT2D eigenvalue weighted by Crippen LogP contribution is 2.21. The zero-order valence-electron chi connectivity index (χ0n) is 12.5. The lowest BCUT2D eigenvalue weighted by Gasteiger charge is -2.26. The van der Waals surface area contributed by atoms with Crippen LogP contribution in [0.4, 0.5) is 0 Å². The van der Waals surface area contributed by atoms with Crippen LogP contribution in [-0.2, 0) is 4.79 Å². The Morgan fingerprint density at radius 2 is 2.05 bits per heavy atom. The van der Waals surface area contributed by atoms with Gasteiger partial charge in [-0.25, -0.2) is 4.79 Å². The molecule has 0 spiro atoms. The molecular weight excluding hydrogens is 270 g/mol. The molecule has 1 saturated heterocycles. The van der Waals surface area contributed by atoms with Crippen LogP contribution in [-0.4, -0.2) is 40.7 Å². The van der Waals surface area contributed by atoms with Crippen molar-refractivity contribution in [3.63, 3.8) is 0 Å². The molecule has 1 fully saturated rings. The van der Waals surface area contributed by atoms with Crippen molar-refractivity contribution in [2.24, 2.45) is 5.92 Å². The fourth-order valence-electron chi connectivity index (χ4n) is 2.72. The van der Waals surface area contributed by atoms with Crippen LogP contribution in [0.15, 0.2) is 18.3 Å². The van der Waals surface area contributed by atoms with Crippen molar-refractivity contribution < 1.29 is 14.7 Å². The molecule has 1 aromatic rings. The number of aliphatic carboxylic acids is 1. The molecule has 0 aromatic carbocycles. The molecular formula is C15H23N3O3. The largest absolute Gasteiger partial charge is 0.480 e. The van der Waals surface area contributed by atoms with Gasteiger partial charge in [0.1, 0.15) is 11.7 Å². The summed E-state index contributed by atoms with van der Waals surface area (Å²) in [7, 11) is 0. The number of hydrogen-bond donors (Lipinski definition) is 3. The Morgan fingerprint density at radius 1 is 1.38 bits per heavy atom. The summed E-state index contributed by atoms with van der Waals surface area (Å²) in [6.45, 7) is 5.44. The van der Waals surface area contributed by atoms with E-state index >= 15 is 0 Å². The number of nitrogens with zero attached hydrogens (tertiary/aromatic N) is 1. The van der Waals surface area contributed by atoms with E-state index in [0.29, 0.717) is 11.7 Å². The first kappa shape index (κ1) is 15.6. The molecule has 6 nitrogen and oxygen atoms in total. The van der Waals surface area contributed by atoms with Gasteiger partial charge in [0.2, 0.25) is 0 Å². The Hall–Kier alpha value is -1.82. The highest BCUT2D eigenvalue weighted by atomic mass is 16.4. The smallest absolute Gasteiger partial charge is 0.326 e. The van der Waals surface area contributed by atoms with E-state index in [0.717, 1.165) is 25.9 Å². The molecule has 2 heterocycles. The number of amides is 1. The SMILES string of the molecule is CC(C)[C@H](NC(=O)c1cccn1C1CCNCC1)C(=O)O. The predicted molar refractivity (Wildman–Crippen MR) is 79.3 cm³/mol. The van der Waals surface area contributed by atoms with Crippen molar-refractivity contribution in [3.8, 4) is 0 Å². The topological polar surface area (TPSA) is 83.4 Å². The summed E-state index contributed by atoms with van der Waals surface area (Å²) in [6, 6.07) is 3.01. The van der Waals surface area contributed by atoms with Crippen LogP contribution >= 0.6 is 0 Å². The Morgan fingerprint density at radius 3 is 2.62 bits per heavy atom. The molecule has 0 unspecified atom stereocenters. The molecule has 1 aromatic heterocycles. The summed E-state index contributed by atoms with van der Waals surface area (Å²) in [4.78, 5) is 23.6. The molecule has 1 aliphatic rings. The number of nitrogens with one attached hydrogen (secondary N) is 2. The first-order valence-corrected chi connectivity index (χ1v) is 7.42. The summed E-state index contributed by atoms with van der Waals surface area (Å²) in [6.07, 6.45) is 3.85. The molecule has 0 radical (unpaired) electrons. The number of carbonyl (C=O) groups excluding carboxylic acids is 1. The van der Waals surface area contributed by atoms with Crippen molar-refractivity contribution in [2.75, 3.05) is 13.1 Å². The van der Waals surface area contributed by atoms with Crippen LogP contribution in [0.25, 0.3) is 0 Å². The van der Waals surface area contributed by atoms with E-state index in [2.05, 4.69) is 10.6 Å². The van der Waals surface area contributed by atoms with Crippen LogP contribution in [0.3, 0.4) is 0 Å². The second-order valence-electron chi connectivity index (χ2n) is 5.82. The normalized spacial score (nSPS) is 17.7. The van der Waals surface area contributed by atoms with Crippen molar-refractivity contribution in [1.82, 2.24) is 15.2 Å². The van der Waals surface area contributed by atoms with Crippen LogP contribution in [0.1, 0.15) is 43.2 Å². The Kier molecular flexibility index (Phi) is 5.01. The maximum Gasteiger partial charge on any atom is 0.326 e. The monoisotopic (exact) mass is 293 g/mol. The van der Waals surface area contributed by atoms with E-state index in [9.17, 15) is 14.7 Å². The third-order valence-electron chi connectivity index (χ3n) is 3.93. The quantitative estimate of drug-likeness (QED) is 0.763. The number of hydrogen-bond acceptors (Lipinski definition) is 3. The molecule has 1 atom stereocenters. The van der Waals surface area contributed by atoms with E-state index in [1.54, 1.807) is 19.9 Å². The number of piperidine rings is 1. The average molecular weight is 293 g/mol. The predicted octanol–water partition coefficient (Wildman–Crippen LogP) is 1.25. The van der Waals surface area contributed by atoms with E-state index < -0.39 is 12.0 Å². The second kappa shape index (κ2) is 6.76. The van der Waals surface area contributed by atoms with Crippen molar-refractivity contribution >= 4 is 11.9 Å². The number of carboxylic acid groups (broad SMARTS) is 1. The molecule has 21 heavy (non-hydrogen) atoms. The van der Waals surface area contributed by atoms with Gasteiger partial charge in [-0.15, -0.1) is 0 Å². The second-order valence-corrected chi connectivity index (χ2v) is 5.82. The minimum Gasteiger partial charge on any atom is -0.480 e. The third-order valence-corrected chi connectivity index (χ3v) is 3.93. The number of carbonyl (C=O) groups is 2. The van der Waals surface area contributed by atoms with E-state index in [1.165, 1.54) is 0 Å². The van der Waals surface area contributed by atoms with Crippen molar-refractivity contribution in [3.05, 3.63) is 24.0 Å². The van der Waals surface area contributed by atoms with E-state index in [1.807, 2.05) is 16.8 Å². The highest BCUT2D eigenvalue weighted by Gasteiger charge is 2.26. The fourth-order valence-corrected chi connectivity index (χ4v) is 2.72. The first-order valence-electron chi connectivity index (χ1n) is 7.42. The van der Waals surface area contributed by atoms with Crippen LogP contribution in [0, 0.1) is 5.92 Å². The lowest BCUT2D eigenvalue weighted by molar-refractivity contribution is -0.140. The van der Waals surface area contributed by atoms with Crippen LogP contribution in [0.2, 0.25) is 0 Å².